The van der Waals surface area contributed by atoms with Crippen molar-refractivity contribution < 1.29 is 14.3 Å². The molecular weight excluding hydrogens is 257 g/mol. The van der Waals surface area contributed by atoms with Crippen molar-refractivity contribution in [2.75, 3.05) is 0 Å². The molecule has 0 spiro atoms. The van der Waals surface area contributed by atoms with Crippen molar-refractivity contribution >= 4 is 12.0 Å². The van der Waals surface area contributed by atoms with Crippen molar-refractivity contribution in [1.82, 2.24) is 4.90 Å². The highest BCUT2D eigenvalue weighted by molar-refractivity contribution is 5.96. The van der Waals surface area contributed by atoms with E-state index < -0.39 is 11.6 Å². The maximum atomic E-state index is 13.0. The smallest absolute Gasteiger partial charge is 0.258 e. The lowest BCUT2D eigenvalue weighted by molar-refractivity contribution is 0.0812. The lowest BCUT2D eigenvalue weighted by atomic mass is 10.0. The summed E-state index contributed by atoms with van der Waals surface area (Å²) in [4.78, 5) is 13.9. The molecule has 0 aromatic heterocycles. The molecule has 1 aliphatic heterocycles. The first-order chi connectivity index (χ1) is 9.65. The third-order valence-electron chi connectivity index (χ3n) is 3.28. The fraction of sp³-hybridized carbons (Fsp3) is 0.0625. The number of phenols is 1. The summed E-state index contributed by atoms with van der Waals surface area (Å²) < 4.78 is 13.0. The van der Waals surface area contributed by atoms with Crippen LogP contribution >= 0.6 is 0 Å². The second-order valence-corrected chi connectivity index (χ2v) is 4.61. The Balaban J connectivity index is 1.88. The Morgan fingerprint density at radius 2 is 2.00 bits per heavy atom. The van der Waals surface area contributed by atoms with E-state index in [4.69, 9.17) is 0 Å². The molecule has 0 bridgehead atoms. The van der Waals surface area contributed by atoms with Crippen molar-refractivity contribution in [2.24, 2.45) is 0 Å². The minimum absolute atomic E-state index is 0.257. The van der Waals surface area contributed by atoms with Crippen molar-refractivity contribution in [3.05, 3.63) is 71.2 Å². The third-order valence-corrected chi connectivity index (χ3v) is 3.28. The Hall–Kier alpha value is -2.62. The molecule has 20 heavy (non-hydrogen) atoms. The van der Waals surface area contributed by atoms with E-state index in [2.05, 4.69) is 0 Å². The van der Waals surface area contributed by atoms with Gasteiger partial charge in [-0.25, -0.2) is 4.39 Å². The zero-order valence-electron chi connectivity index (χ0n) is 10.6. The highest BCUT2D eigenvalue weighted by Gasteiger charge is 2.19. The van der Waals surface area contributed by atoms with Crippen LogP contribution in [0.25, 0.3) is 6.08 Å². The van der Waals surface area contributed by atoms with Crippen LogP contribution in [0.1, 0.15) is 21.5 Å². The number of halogens is 1. The van der Waals surface area contributed by atoms with Gasteiger partial charge in [0, 0.05) is 11.8 Å². The summed E-state index contributed by atoms with van der Waals surface area (Å²) in [5.41, 5.74) is 2.39. The van der Waals surface area contributed by atoms with Gasteiger partial charge in [0.25, 0.3) is 5.91 Å². The van der Waals surface area contributed by atoms with E-state index >= 15 is 0 Å². The third kappa shape index (κ3) is 2.16. The average Bonchev–Trinajstić information content (AvgIpc) is 2.49. The summed E-state index contributed by atoms with van der Waals surface area (Å²) >= 11 is 0. The largest absolute Gasteiger partial charge is 0.505 e. The van der Waals surface area contributed by atoms with E-state index in [1.165, 1.54) is 11.0 Å². The zero-order chi connectivity index (χ0) is 14.1. The van der Waals surface area contributed by atoms with Gasteiger partial charge in [0.2, 0.25) is 0 Å². The molecule has 1 aliphatic rings. The second kappa shape index (κ2) is 4.81. The normalized spacial score (nSPS) is 13.2. The Morgan fingerprint density at radius 1 is 1.20 bits per heavy atom. The summed E-state index contributed by atoms with van der Waals surface area (Å²) in [7, 11) is 0. The quantitative estimate of drug-likeness (QED) is 0.864. The Morgan fingerprint density at radius 3 is 2.80 bits per heavy atom. The highest BCUT2D eigenvalue weighted by Crippen LogP contribution is 2.23. The molecule has 0 saturated heterocycles. The molecule has 3 nitrogen and oxygen atoms in total. The number of amides is 1. The van der Waals surface area contributed by atoms with Crippen molar-refractivity contribution in [2.45, 2.75) is 6.54 Å². The fourth-order valence-electron chi connectivity index (χ4n) is 2.20. The van der Waals surface area contributed by atoms with Gasteiger partial charge < -0.3 is 10.0 Å². The van der Waals surface area contributed by atoms with Crippen LogP contribution in [0.15, 0.2) is 48.7 Å². The topological polar surface area (TPSA) is 40.5 Å². The van der Waals surface area contributed by atoms with Crippen LogP contribution in [0.4, 0.5) is 4.39 Å². The Bertz CT molecular complexity index is 709. The van der Waals surface area contributed by atoms with E-state index in [0.717, 1.165) is 23.3 Å². The number of hydrogen-bond acceptors (Lipinski definition) is 2. The number of hydrogen-bond donors (Lipinski definition) is 1. The molecule has 0 saturated carbocycles. The van der Waals surface area contributed by atoms with Gasteiger partial charge in [-0.1, -0.05) is 24.3 Å². The molecule has 1 N–H and O–H groups in total. The Kier molecular flexibility index (Phi) is 2.99. The summed E-state index contributed by atoms with van der Waals surface area (Å²) in [5.74, 6) is -1.52. The van der Waals surface area contributed by atoms with Gasteiger partial charge in [-0.05, 0) is 35.4 Å². The van der Waals surface area contributed by atoms with E-state index in [1.807, 2.05) is 30.3 Å². The van der Waals surface area contributed by atoms with Crippen LogP contribution in [0, 0.1) is 5.82 Å². The number of phenolic OH excluding ortho intramolecular Hbond substituents is 1. The predicted octanol–water partition coefficient (Wildman–Crippen LogP) is 3.16. The number of carbonyl (C=O) groups excluding carboxylic acids is 1. The van der Waals surface area contributed by atoms with Crippen LogP contribution < -0.4 is 0 Å². The van der Waals surface area contributed by atoms with Gasteiger partial charge in [0.05, 0.1) is 6.54 Å². The van der Waals surface area contributed by atoms with Crippen molar-refractivity contribution in [3.63, 3.8) is 0 Å². The summed E-state index contributed by atoms with van der Waals surface area (Å²) in [6.45, 7) is 0.462. The van der Waals surface area contributed by atoms with Gasteiger partial charge in [-0.2, -0.15) is 0 Å². The number of nitrogens with zero attached hydrogens (tertiary/aromatic N) is 1. The van der Waals surface area contributed by atoms with Gasteiger partial charge in [0.1, 0.15) is 0 Å². The number of carbonyl (C=O) groups is 1. The zero-order valence-corrected chi connectivity index (χ0v) is 10.6. The number of rotatable bonds is 1. The van der Waals surface area contributed by atoms with E-state index in [9.17, 15) is 14.3 Å². The van der Waals surface area contributed by atoms with Crippen LogP contribution in [0.3, 0.4) is 0 Å². The van der Waals surface area contributed by atoms with Crippen LogP contribution in [-0.4, -0.2) is 15.9 Å². The minimum Gasteiger partial charge on any atom is -0.505 e. The second-order valence-electron chi connectivity index (χ2n) is 4.61. The first-order valence-electron chi connectivity index (χ1n) is 6.21. The maximum absolute atomic E-state index is 13.0. The molecule has 0 atom stereocenters. The molecule has 100 valence electrons. The molecule has 0 unspecified atom stereocenters. The van der Waals surface area contributed by atoms with E-state index in [-0.39, 0.29) is 11.5 Å². The number of fused-ring (bicyclic) bond motifs is 1. The van der Waals surface area contributed by atoms with Gasteiger partial charge in [-0.15, -0.1) is 0 Å². The molecule has 0 aliphatic carbocycles. The summed E-state index contributed by atoms with van der Waals surface area (Å²) in [5, 5.41) is 9.34. The lowest BCUT2D eigenvalue weighted by Gasteiger charge is -2.23. The number of aromatic hydroxyl groups is 1. The monoisotopic (exact) mass is 269 g/mol. The molecule has 3 rings (SSSR count). The van der Waals surface area contributed by atoms with E-state index in [0.29, 0.717) is 6.54 Å². The molecule has 1 amide bonds. The summed E-state index contributed by atoms with van der Waals surface area (Å²) in [6.07, 6.45) is 3.56. The minimum atomic E-state index is -0.735. The molecule has 0 fully saturated rings. The fourth-order valence-corrected chi connectivity index (χ4v) is 2.20. The Labute approximate surface area is 115 Å². The molecule has 0 radical (unpaired) electrons. The molecule has 2 aromatic rings. The van der Waals surface area contributed by atoms with Gasteiger partial charge in [0.15, 0.2) is 11.6 Å². The molecule has 2 aromatic carbocycles. The standard InChI is InChI=1S/C16H12FNO2/c17-14-6-5-12(9-15(14)19)16(20)18-8-7-11-3-1-2-4-13(11)10-18/h1-9,19H,10H2. The first kappa shape index (κ1) is 12.4. The highest BCUT2D eigenvalue weighted by atomic mass is 19.1. The number of benzene rings is 2. The first-order valence-corrected chi connectivity index (χ1v) is 6.21. The molecular formula is C16H12FNO2. The maximum Gasteiger partial charge on any atom is 0.258 e. The molecule has 1 heterocycles. The van der Waals surface area contributed by atoms with Crippen molar-refractivity contribution in [1.29, 1.82) is 0 Å². The lowest BCUT2D eigenvalue weighted by Crippen LogP contribution is -2.27. The average molecular weight is 269 g/mol. The van der Waals surface area contributed by atoms with E-state index in [1.54, 1.807) is 6.20 Å². The van der Waals surface area contributed by atoms with Gasteiger partial charge >= 0.3 is 0 Å². The van der Waals surface area contributed by atoms with Crippen molar-refractivity contribution in [3.8, 4) is 5.75 Å². The van der Waals surface area contributed by atoms with Crippen LogP contribution in [0.5, 0.6) is 5.75 Å². The molecule has 4 heteroatoms. The SMILES string of the molecule is O=C(c1ccc(F)c(O)c1)N1C=Cc2ccccc2C1. The van der Waals surface area contributed by atoms with Gasteiger partial charge in [-0.3, -0.25) is 4.79 Å². The summed E-state index contributed by atoms with van der Waals surface area (Å²) in [6, 6.07) is 11.4. The van der Waals surface area contributed by atoms with Crippen LogP contribution in [-0.2, 0) is 6.54 Å². The predicted molar refractivity (Wildman–Crippen MR) is 73.4 cm³/mol. The van der Waals surface area contributed by atoms with Crippen LogP contribution in [0.2, 0.25) is 0 Å².